The van der Waals surface area contributed by atoms with E-state index in [1.165, 1.54) is 26.2 Å². The number of Topliss-reactive ketones (excluding diaryl/α,β-unsaturated/α-hetero) is 1. The SMILES string of the molecule is COc1cc(C(C)=O)c(Br)cc1O. The number of ether oxygens (including phenoxy) is 1. The Labute approximate surface area is 84.5 Å². The molecule has 0 aromatic heterocycles. The molecule has 0 unspecified atom stereocenters. The van der Waals surface area contributed by atoms with E-state index >= 15 is 0 Å². The molecule has 1 N–H and O–H groups in total. The number of halogens is 1. The van der Waals surface area contributed by atoms with Crippen LogP contribution in [0, 0.1) is 0 Å². The molecule has 0 spiro atoms. The molecule has 4 heteroatoms. The number of carbonyl (C=O) groups is 1. The predicted octanol–water partition coefficient (Wildman–Crippen LogP) is 2.37. The summed E-state index contributed by atoms with van der Waals surface area (Å²) in [5, 5.41) is 9.33. The fourth-order valence-electron chi connectivity index (χ4n) is 0.976. The molecule has 0 saturated carbocycles. The highest BCUT2D eigenvalue weighted by molar-refractivity contribution is 9.10. The number of hydrogen-bond acceptors (Lipinski definition) is 3. The molecule has 3 nitrogen and oxygen atoms in total. The van der Waals surface area contributed by atoms with Crippen molar-refractivity contribution in [3.8, 4) is 11.5 Å². The quantitative estimate of drug-likeness (QED) is 0.813. The number of benzene rings is 1. The van der Waals surface area contributed by atoms with Crippen LogP contribution < -0.4 is 4.74 Å². The second kappa shape index (κ2) is 3.79. The van der Waals surface area contributed by atoms with Gasteiger partial charge in [-0.15, -0.1) is 0 Å². The van der Waals surface area contributed by atoms with Crippen LogP contribution >= 0.6 is 15.9 Å². The molecule has 0 fully saturated rings. The van der Waals surface area contributed by atoms with Gasteiger partial charge in [-0.2, -0.15) is 0 Å². The summed E-state index contributed by atoms with van der Waals surface area (Å²) in [5.74, 6) is 0.234. The van der Waals surface area contributed by atoms with Crippen LogP contribution in [0.25, 0.3) is 0 Å². The largest absolute Gasteiger partial charge is 0.504 e. The van der Waals surface area contributed by atoms with Crippen LogP contribution in [0.5, 0.6) is 11.5 Å². The number of aromatic hydroxyl groups is 1. The Morgan fingerprint density at radius 1 is 1.54 bits per heavy atom. The minimum absolute atomic E-state index is 0.0133. The lowest BCUT2D eigenvalue weighted by atomic mass is 10.1. The first kappa shape index (κ1) is 10.1. The zero-order valence-corrected chi connectivity index (χ0v) is 8.88. The van der Waals surface area contributed by atoms with E-state index in [0.29, 0.717) is 15.8 Å². The summed E-state index contributed by atoms with van der Waals surface area (Å²) in [6.07, 6.45) is 0. The van der Waals surface area contributed by atoms with Gasteiger partial charge in [-0.25, -0.2) is 0 Å². The van der Waals surface area contributed by atoms with Crippen molar-refractivity contribution in [2.24, 2.45) is 0 Å². The van der Waals surface area contributed by atoms with Crippen molar-refractivity contribution in [2.75, 3.05) is 7.11 Å². The van der Waals surface area contributed by atoms with Gasteiger partial charge in [0.2, 0.25) is 0 Å². The van der Waals surface area contributed by atoms with Crippen molar-refractivity contribution in [3.05, 3.63) is 22.2 Å². The fraction of sp³-hybridized carbons (Fsp3) is 0.222. The average Bonchev–Trinajstić information content (AvgIpc) is 2.03. The molecule has 1 aromatic rings. The summed E-state index contributed by atoms with van der Waals surface area (Å²) >= 11 is 3.17. The van der Waals surface area contributed by atoms with E-state index in [4.69, 9.17) is 4.74 Å². The molecule has 0 heterocycles. The Bertz CT molecular complexity index is 347. The molecule has 0 bridgehead atoms. The molecule has 0 saturated heterocycles. The van der Waals surface area contributed by atoms with Crippen LogP contribution in [0.15, 0.2) is 16.6 Å². The molecule has 70 valence electrons. The number of carbonyl (C=O) groups excluding carboxylic acids is 1. The summed E-state index contributed by atoms with van der Waals surface area (Å²) in [6.45, 7) is 1.45. The number of ketones is 1. The molecule has 1 rings (SSSR count). The second-order valence-corrected chi connectivity index (χ2v) is 3.41. The maximum Gasteiger partial charge on any atom is 0.161 e. The minimum Gasteiger partial charge on any atom is -0.504 e. The van der Waals surface area contributed by atoms with E-state index in [-0.39, 0.29) is 11.5 Å². The van der Waals surface area contributed by atoms with E-state index in [2.05, 4.69) is 15.9 Å². The zero-order chi connectivity index (χ0) is 10.0. The number of rotatable bonds is 2. The first-order valence-electron chi connectivity index (χ1n) is 3.63. The Morgan fingerprint density at radius 3 is 2.62 bits per heavy atom. The molecule has 0 aliphatic carbocycles. The van der Waals surface area contributed by atoms with Crippen molar-refractivity contribution in [3.63, 3.8) is 0 Å². The van der Waals surface area contributed by atoms with Crippen LogP contribution in [0.1, 0.15) is 17.3 Å². The van der Waals surface area contributed by atoms with Crippen molar-refractivity contribution in [2.45, 2.75) is 6.92 Å². The lowest BCUT2D eigenvalue weighted by Crippen LogP contribution is -1.95. The van der Waals surface area contributed by atoms with E-state index in [1.807, 2.05) is 0 Å². The monoisotopic (exact) mass is 244 g/mol. The lowest BCUT2D eigenvalue weighted by molar-refractivity contribution is 0.101. The van der Waals surface area contributed by atoms with Crippen molar-refractivity contribution in [1.82, 2.24) is 0 Å². The first-order valence-corrected chi connectivity index (χ1v) is 4.43. The third kappa shape index (κ3) is 2.01. The maximum absolute atomic E-state index is 11.1. The van der Waals surface area contributed by atoms with Gasteiger partial charge in [-0.3, -0.25) is 4.79 Å². The van der Waals surface area contributed by atoms with Gasteiger partial charge in [0.1, 0.15) is 0 Å². The third-order valence-electron chi connectivity index (χ3n) is 1.65. The van der Waals surface area contributed by atoms with Gasteiger partial charge in [0.15, 0.2) is 17.3 Å². The van der Waals surface area contributed by atoms with Crippen LogP contribution in [0.2, 0.25) is 0 Å². The molecule has 0 atom stereocenters. The fourth-order valence-corrected chi connectivity index (χ4v) is 1.59. The molecule has 0 radical (unpaired) electrons. The molecular weight excluding hydrogens is 236 g/mol. The number of phenols is 1. The first-order chi connectivity index (χ1) is 6.06. The Kier molecular flexibility index (Phi) is 2.93. The molecule has 0 aliphatic rings. The van der Waals surface area contributed by atoms with E-state index in [1.54, 1.807) is 0 Å². The molecular formula is C9H9BrO3. The Hall–Kier alpha value is -1.03. The van der Waals surface area contributed by atoms with Crippen molar-refractivity contribution < 1.29 is 14.6 Å². The standard InChI is InChI=1S/C9H9BrO3/c1-5(11)6-3-9(13-2)8(12)4-7(6)10/h3-4,12H,1-2H3. The molecule has 0 amide bonds. The number of methoxy groups -OCH3 is 1. The van der Waals surface area contributed by atoms with Gasteiger partial charge in [0, 0.05) is 10.0 Å². The lowest BCUT2D eigenvalue weighted by Gasteiger charge is -2.06. The van der Waals surface area contributed by atoms with Gasteiger partial charge >= 0.3 is 0 Å². The Morgan fingerprint density at radius 2 is 2.15 bits per heavy atom. The third-order valence-corrected chi connectivity index (χ3v) is 2.30. The van der Waals surface area contributed by atoms with Gasteiger partial charge in [0.05, 0.1) is 7.11 Å². The van der Waals surface area contributed by atoms with E-state index in [9.17, 15) is 9.90 Å². The highest BCUT2D eigenvalue weighted by atomic mass is 79.9. The summed E-state index contributed by atoms with van der Waals surface area (Å²) in [5.41, 5.74) is 0.495. The summed E-state index contributed by atoms with van der Waals surface area (Å²) in [6, 6.07) is 2.94. The van der Waals surface area contributed by atoms with Crippen molar-refractivity contribution in [1.29, 1.82) is 0 Å². The number of phenolic OH excluding ortho intramolecular Hbond substituents is 1. The van der Waals surface area contributed by atoms with E-state index < -0.39 is 0 Å². The normalized spacial score (nSPS) is 9.77. The van der Waals surface area contributed by atoms with Gasteiger partial charge < -0.3 is 9.84 Å². The highest BCUT2D eigenvalue weighted by Crippen LogP contribution is 2.32. The van der Waals surface area contributed by atoms with Gasteiger partial charge in [-0.05, 0) is 35.0 Å². The molecule has 13 heavy (non-hydrogen) atoms. The zero-order valence-electron chi connectivity index (χ0n) is 7.30. The topological polar surface area (TPSA) is 46.5 Å². The van der Waals surface area contributed by atoms with E-state index in [0.717, 1.165) is 0 Å². The summed E-state index contributed by atoms with van der Waals surface area (Å²) in [7, 11) is 1.44. The summed E-state index contributed by atoms with van der Waals surface area (Å²) in [4.78, 5) is 11.1. The smallest absolute Gasteiger partial charge is 0.161 e. The van der Waals surface area contributed by atoms with Crippen LogP contribution in [0.3, 0.4) is 0 Å². The highest BCUT2D eigenvalue weighted by Gasteiger charge is 2.10. The Balaban J connectivity index is 3.30. The van der Waals surface area contributed by atoms with Crippen LogP contribution in [-0.2, 0) is 0 Å². The minimum atomic E-state index is -0.0785. The molecule has 0 aliphatic heterocycles. The second-order valence-electron chi connectivity index (χ2n) is 2.56. The predicted molar refractivity (Wildman–Crippen MR) is 52.4 cm³/mol. The maximum atomic E-state index is 11.1. The van der Waals surface area contributed by atoms with Crippen LogP contribution in [0.4, 0.5) is 0 Å². The number of hydrogen-bond donors (Lipinski definition) is 1. The van der Waals surface area contributed by atoms with Crippen LogP contribution in [-0.4, -0.2) is 18.0 Å². The van der Waals surface area contributed by atoms with Gasteiger partial charge in [-0.1, -0.05) is 0 Å². The average molecular weight is 245 g/mol. The van der Waals surface area contributed by atoms with Gasteiger partial charge in [0.25, 0.3) is 0 Å². The molecule has 1 aromatic carbocycles. The van der Waals surface area contributed by atoms with Crippen molar-refractivity contribution >= 4 is 21.7 Å². The summed E-state index contributed by atoms with van der Waals surface area (Å²) < 4.78 is 5.44.